The number of carbonyl (C=O) groups is 2. The van der Waals surface area contributed by atoms with E-state index in [0.29, 0.717) is 55.9 Å². The van der Waals surface area contributed by atoms with Crippen molar-refractivity contribution in [3.63, 3.8) is 0 Å². The number of carboxylic acid groups (broad SMARTS) is 1. The molecule has 0 heterocycles. The molecule has 6 unspecified atom stereocenters. The van der Waals surface area contributed by atoms with Crippen molar-refractivity contribution in [1.82, 2.24) is 0 Å². The molecule has 0 spiro atoms. The zero-order chi connectivity index (χ0) is 45.3. The van der Waals surface area contributed by atoms with E-state index < -0.39 is 11.6 Å². The van der Waals surface area contributed by atoms with E-state index in [0.717, 1.165) is 42.9 Å². The van der Waals surface area contributed by atoms with Crippen LogP contribution in [0.2, 0.25) is 0 Å². The van der Waals surface area contributed by atoms with E-state index in [1.54, 1.807) is 30.4 Å². The molecule has 0 fully saturated rings. The molecule has 4 aromatic carbocycles. The Morgan fingerprint density at radius 2 is 0.952 bits per heavy atom. The molecule has 340 valence electrons. The zero-order valence-electron chi connectivity index (χ0n) is 39.1. The van der Waals surface area contributed by atoms with Crippen molar-refractivity contribution >= 4 is 35.5 Å². The minimum Gasteiger partial charge on any atom is -0.481 e. The Labute approximate surface area is 383 Å². The number of esters is 1. The SMILES string of the molecule is CCC(CC(C)c1ccc(COCCSCC(C)C(=O)O)cc1)c1ccccc1.CCC(CC(C)c1ccc(COCCSCC(C)C(=O)OC(C)(C)C)cc1)c1ccccc1. The van der Waals surface area contributed by atoms with E-state index in [-0.39, 0.29) is 17.8 Å². The quantitative estimate of drug-likeness (QED) is 0.0493. The van der Waals surface area contributed by atoms with Gasteiger partial charge in [-0.2, -0.15) is 23.5 Å². The molecular weight excluding hydrogens is 809 g/mol. The Kier molecular flexibility index (Phi) is 24.7. The maximum atomic E-state index is 12.0. The predicted octanol–water partition coefficient (Wildman–Crippen LogP) is 13.9. The molecule has 6 nitrogen and oxygen atoms in total. The van der Waals surface area contributed by atoms with Gasteiger partial charge in [0.1, 0.15) is 5.60 Å². The summed E-state index contributed by atoms with van der Waals surface area (Å²) < 4.78 is 17.0. The number of hydrogen-bond acceptors (Lipinski definition) is 7. The molecule has 0 aliphatic heterocycles. The summed E-state index contributed by atoms with van der Waals surface area (Å²) in [5.41, 5.74) is 7.60. The van der Waals surface area contributed by atoms with E-state index >= 15 is 0 Å². The lowest BCUT2D eigenvalue weighted by Gasteiger charge is -2.22. The number of benzene rings is 4. The Hall–Kier alpha value is -3.56. The van der Waals surface area contributed by atoms with E-state index in [9.17, 15) is 9.59 Å². The van der Waals surface area contributed by atoms with Gasteiger partial charge in [-0.15, -0.1) is 0 Å². The second-order valence-corrected chi connectivity index (χ2v) is 20.0. The maximum Gasteiger partial charge on any atom is 0.310 e. The van der Waals surface area contributed by atoms with Crippen LogP contribution in [0.4, 0.5) is 0 Å². The Morgan fingerprint density at radius 1 is 0.565 bits per heavy atom. The normalized spacial score (nSPS) is 14.4. The molecule has 0 aromatic heterocycles. The summed E-state index contributed by atoms with van der Waals surface area (Å²) in [6, 6.07) is 39.3. The van der Waals surface area contributed by atoms with Crippen molar-refractivity contribution < 1.29 is 28.9 Å². The van der Waals surface area contributed by atoms with Gasteiger partial charge in [0.2, 0.25) is 0 Å². The van der Waals surface area contributed by atoms with Gasteiger partial charge in [0, 0.05) is 23.0 Å². The number of carboxylic acids is 1. The highest BCUT2D eigenvalue weighted by Gasteiger charge is 2.22. The van der Waals surface area contributed by atoms with Crippen LogP contribution in [0, 0.1) is 11.8 Å². The third-order valence-electron chi connectivity index (χ3n) is 11.1. The monoisotopic (exact) mass is 885 g/mol. The van der Waals surface area contributed by atoms with Crippen molar-refractivity contribution in [2.24, 2.45) is 11.8 Å². The molecule has 0 bridgehead atoms. The first kappa shape index (κ1) is 52.8. The Balaban J connectivity index is 0.000000333. The molecule has 0 amide bonds. The molecule has 0 saturated carbocycles. The zero-order valence-corrected chi connectivity index (χ0v) is 40.8. The lowest BCUT2D eigenvalue weighted by atomic mass is 9.84. The molecule has 0 saturated heterocycles. The summed E-state index contributed by atoms with van der Waals surface area (Å²) in [4.78, 5) is 22.8. The van der Waals surface area contributed by atoms with Gasteiger partial charge >= 0.3 is 11.9 Å². The van der Waals surface area contributed by atoms with Gasteiger partial charge in [0.05, 0.1) is 38.3 Å². The Morgan fingerprint density at radius 3 is 1.31 bits per heavy atom. The highest BCUT2D eigenvalue weighted by molar-refractivity contribution is 7.99. The van der Waals surface area contributed by atoms with Crippen molar-refractivity contribution in [1.29, 1.82) is 0 Å². The van der Waals surface area contributed by atoms with Crippen molar-refractivity contribution in [3.8, 4) is 0 Å². The van der Waals surface area contributed by atoms with Gasteiger partial charge in [-0.05, 0) is 104 Å². The summed E-state index contributed by atoms with van der Waals surface area (Å²) in [7, 11) is 0. The minimum absolute atomic E-state index is 0.0991. The number of rotatable bonds is 26. The van der Waals surface area contributed by atoms with E-state index in [1.165, 1.54) is 33.4 Å². The van der Waals surface area contributed by atoms with Crippen LogP contribution in [0.1, 0.15) is 145 Å². The van der Waals surface area contributed by atoms with Crippen LogP contribution >= 0.6 is 23.5 Å². The molecule has 62 heavy (non-hydrogen) atoms. The fraction of sp³-hybridized carbons (Fsp3) is 0.519. The average Bonchev–Trinajstić information content (AvgIpc) is 3.27. The van der Waals surface area contributed by atoms with Crippen LogP contribution in [-0.2, 0) is 37.0 Å². The van der Waals surface area contributed by atoms with E-state index in [1.807, 2.05) is 27.7 Å². The topological polar surface area (TPSA) is 82.1 Å². The largest absolute Gasteiger partial charge is 0.481 e. The summed E-state index contributed by atoms with van der Waals surface area (Å²) in [5, 5.41) is 8.87. The second-order valence-electron chi connectivity index (χ2n) is 17.7. The molecule has 0 aliphatic carbocycles. The molecular formula is C54H76O6S2. The van der Waals surface area contributed by atoms with Crippen LogP contribution in [0.5, 0.6) is 0 Å². The summed E-state index contributed by atoms with van der Waals surface area (Å²) in [6.07, 6.45) is 4.63. The molecule has 8 heteroatoms. The van der Waals surface area contributed by atoms with Crippen molar-refractivity contribution in [2.75, 3.05) is 36.2 Å². The first-order valence-corrected chi connectivity index (χ1v) is 25.1. The van der Waals surface area contributed by atoms with Crippen LogP contribution in [-0.4, -0.2) is 58.9 Å². The van der Waals surface area contributed by atoms with Gasteiger partial charge in [0.25, 0.3) is 0 Å². The van der Waals surface area contributed by atoms with Gasteiger partial charge < -0.3 is 19.3 Å². The second kappa shape index (κ2) is 29.0. The van der Waals surface area contributed by atoms with Crippen LogP contribution in [0.15, 0.2) is 109 Å². The molecule has 1 N–H and O–H groups in total. The maximum absolute atomic E-state index is 12.0. The minimum atomic E-state index is -0.734. The first-order valence-electron chi connectivity index (χ1n) is 22.7. The van der Waals surface area contributed by atoms with Gasteiger partial charge in [-0.1, -0.05) is 151 Å². The highest BCUT2D eigenvalue weighted by Crippen LogP contribution is 2.33. The highest BCUT2D eigenvalue weighted by atomic mass is 32.2. The molecule has 0 radical (unpaired) electrons. The number of hydrogen-bond donors (Lipinski definition) is 1. The average molecular weight is 885 g/mol. The van der Waals surface area contributed by atoms with Crippen LogP contribution < -0.4 is 0 Å². The Bertz CT molecular complexity index is 1790. The molecule has 6 atom stereocenters. The van der Waals surface area contributed by atoms with E-state index in [4.69, 9.17) is 19.3 Å². The lowest BCUT2D eigenvalue weighted by Crippen LogP contribution is -2.28. The fourth-order valence-electron chi connectivity index (χ4n) is 7.22. The standard InChI is InChI=1S/C29H42O3S.C25H34O3S/c1-7-25(27-11-9-8-10-12-27)19-22(2)26-15-13-24(14-16-26)20-31-17-18-33-21-23(3)28(30)32-29(4,5)6;1-4-22(24-8-6-5-7-9-24)16-19(2)23-12-10-21(11-13-23)17-28-14-15-29-18-20(3)25(26)27/h8-16,22-23,25H,7,17-21H2,1-6H3;5-13,19-20,22H,4,14-18H2,1-3H3,(H,26,27). The molecule has 0 aliphatic rings. The number of aliphatic carboxylic acids is 1. The van der Waals surface area contributed by atoms with Crippen molar-refractivity contribution in [3.05, 3.63) is 143 Å². The summed E-state index contributed by atoms with van der Waals surface area (Å²) >= 11 is 3.37. The molecule has 4 aromatic rings. The third-order valence-corrected chi connectivity index (χ3v) is 13.5. The summed E-state index contributed by atoms with van der Waals surface area (Å²) in [5.74, 6) is 4.05. The molecule has 4 rings (SSSR count). The third kappa shape index (κ3) is 20.7. The van der Waals surface area contributed by atoms with Crippen LogP contribution in [0.3, 0.4) is 0 Å². The van der Waals surface area contributed by atoms with Gasteiger partial charge in [-0.3, -0.25) is 9.59 Å². The smallest absolute Gasteiger partial charge is 0.310 e. The van der Waals surface area contributed by atoms with Gasteiger partial charge in [0.15, 0.2) is 0 Å². The van der Waals surface area contributed by atoms with Crippen molar-refractivity contribution in [2.45, 2.75) is 130 Å². The van der Waals surface area contributed by atoms with Crippen LogP contribution in [0.25, 0.3) is 0 Å². The lowest BCUT2D eigenvalue weighted by molar-refractivity contribution is -0.158. The number of carbonyl (C=O) groups excluding carboxylic acids is 1. The van der Waals surface area contributed by atoms with Gasteiger partial charge in [-0.25, -0.2) is 0 Å². The predicted molar refractivity (Wildman–Crippen MR) is 264 cm³/mol. The first-order chi connectivity index (χ1) is 29.7. The number of thioether (sulfide) groups is 2. The fourth-order valence-corrected chi connectivity index (χ4v) is 9.01. The van der Waals surface area contributed by atoms with E-state index in [2.05, 4.69) is 137 Å². The summed E-state index contributed by atoms with van der Waals surface area (Å²) in [6.45, 7) is 21.1. The number of ether oxygens (including phenoxy) is 3.